The van der Waals surface area contributed by atoms with Crippen LogP contribution in [0.4, 0.5) is 0 Å². The molecule has 0 saturated heterocycles. The highest BCUT2D eigenvalue weighted by molar-refractivity contribution is 5.72. The number of aromatic nitrogens is 1. The van der Waals surface area contributed by atoms with E-state index in [9.17, 15) is 24.9 Å². The maximum atomic E-state index is 13.6. The molecule has 35 heavy (non-hydrogen) atoms. The largest absolute Gasteiger partial charge is 0.508 e. The maximum absolute atomic E-state index is 13.6. The quantitative estimate of drug-likeness (QED) is 0.396. The van der Waals surface area contributed by atoms with Crippen molar-refractivity contribution in [1.82, 2.24) is 4.57 Å². The number of phenols is 2. The van der Waals surface area contributed by atoms with Crippen LogP contribution in [0.25, 0.3) is 0 Å². The minimum atomic E-state index is -0.904. The van der Waals surface area contributed by atoms with Gasteiger partial charge in [-0.15, -0.1) is 0 Å². The first-order valence-electron chi connectivity index (χ1n) is 10.9. The van der Waals surface area contributed by atoms with Crippen molar-refractivity contribution in [3.63, 3.8) is 0 Å². The van der Waals surface area contributed by atoms with E-state index in [2.05, 4.69) is 0 Å². The molecule has 0 radical (unpaired) electrons. The van der Waals surface area contributed by atoms with Gasteiger partial charge >= 0.3 is 5.97 Å². The maximum Gasteiger partial charge on any atom is 0.306 e. The second-order valence-electron chi connectivity index (χ2n) is 8.06. The van der Waals surface area contributed by atoms with Crippen LogP contribution in [-0.2, 0) is 22.5 Å². The van der Waals surface area contributed by atoms with Gasteiger partial charge in [0.15, 0.2) is 11.5 Å². The summed E-state index contributed by atoms with van der Waals surface area (Å²) in [5.74, 6) is -1.64. The fraction of sp³-hybridized carbons (Fsp3) is 0.308. The molecule has 0 bridgehead atoms. The molecule has 186 valence electrons. The minimum Gasteiger partial charge on any atom is -0.508 e. The van der Waals surface area contributed by atoms with Gasteiger partial charge in [-0.25, -0.2) is 0 Å². The molecule has 0 aliphatic carbocycles. The first-order valence-corrected chi connectivity index (χ1v) is 10.9. The zero-order chi connectivity index (χ0) is 25.7. The van der Waals surface area contributed by atoms with Gasteiger partial charge in [0.25, 0.3) is 5.56 Å². The van der Waals surface area contributed by atoms with E-state index in [0.717, 1.165) is 5.56 Å². The Hall–Kier alpha value is -4.14. The molecule has 1 aromatic heterocycles. The fourth-order valence-electron chi connectivity index (χ4n) is 4.03. The van der Waals surface area contributed by atoms with Gasteiger partial charge in [0.1, 0.15) is 11.5 Å². The number of methoxy groups -OCH3 is 3. The van der Waals surface area contributed by atoms with E-state index in [4.69, 9.17) is 14.2 Å². The minimum absolute atomic E-state index is 0.0153. The van der Waals surface area contributed by atoms with Crippen LogP contribution in [0.2, 0.25) is 0 Å². The SMILES string of the molecule is COC(=O)C[C@H](c1cc(OC)c(O)c(OC)c1)c1c(O)cc(C)n(CCc2ccc(O)cc2)c1=O. The van der Waals surface area contributed by atoms with E-state index in [1.807, 2.05) is 0 Å². The molecule has 3 N–H and O–H groups in total. The molecule has 0 amide bonds. The van der Waals surface area contributed by atoms with Crippen LogP contribution in [0.1, 0.15) is 34.7 Å². The van der Waals surface area contributed by atoms with Crippen molar-refractivity contribution >= 4 is 5.97 Å². The number of phenolic OH excluding ortho intramolecular Hbond substituents is 2. The van der Waals surface area contributed by atoms with Gasteiger partial charge in [-0.2, -0.15) is 0 Å². The number of ether oxygens (including phenoxy) is 3. The average molecular weight is 484 g/mol. The number of aromatic hydroxyl groups is 3. The number of carbonyl (C=O) groups excluding carboxylic acids is 1. The van der Waals surface area contributed by atoms with Crippen molar-refractivity contribution in [2.24, 2.45) is 0 Å². The summed E-state index contributed by atoms with van der Waals surface area (Å²) in [6, 6.07) is 11.2. The molecule has 0 saturated carbocycles. The normalized spacial score (nSPS) is 11.7. The van der Waals surface area contributed by atoms with Gasteiger partial charge in [0.2, 0.25) is 5.75 Å². The Balaban J connectivity index is 2.13. The van der Waals surface area contributed by atoms with Crippen LogP contribution in [0, 0.1) is 6.92 Å². The molecule has 3 rings (SSSR count). The Morgan fingerprint density at radius 1 is 0.971 bits per heavy atom. The number of rotatable bonds is 9. The molecule has 9 nitrogen and oxygen atoms in total. The summed E-state index contributed by atoms with van der Waals surface area (Å²) < 4.78 is 16.8. The van der Waals surface area contributed by atoms with Gasteiger partial charge in [0, 0.05) is 18.2 Å². The van der Waals surface area contributed by atoms with Crippen molar-refractivity contribution in [3.8, 4) is 28.7 Å². The van der Waals surface area contributed by atoms with Gasteiger partial charge in [-0.05, 0) is 54.8 Å². The van der Waals surface area contributed by atoms with Crippen LogP contribution < -0.4 is 15.0 Å². The van der Waals surface area contributed by atoms with E-state index in [1.165, 1.54) is 44.1 Å². The van der Waals surface area contributed by atoms with Crippen LogP contribution in [0.5, 0.6) is 28.7 Å². The Morgan fingerprint density at radius 3 is 2.11 bits per heavy atom. The number of aryl methyl sites for hydroxylation is 2. The summed E-state index contributed by atoms with van der Waals surface area (Å²) in [6.45, 7) is 2.03. The number of pyridine rings is 1. The van der Waals surface area contributed by atoms with Gasteiger partial charge in [-0.3, -0.25) is 9.59 Å². The van der Waals surface area contributed by atoms with Crippen LogP contribution in [0.15, 0.2) is 47.3 Å². The monoisotopic (exact) mass is 483 g/mol. The summed E-state index contributed by atoms with van der Waals surface area (Å²) in [5, 5.41) is 30.6. The second kappa shape index (κ2) is 10.9. The third kappa shape index (κ3) is 5.51. The predicted octanol–water partition coefficient (Wildman–Crippen LogP) is 3.23. The molecule has 9 heteroatoms. The number of nitrogens with zero attached hydrogens (tertiary/aromatic N) is 1. The summed E-state index contributed by atoms with van der Waals surface area (Å²) in [4.78, 5) is 26.0. The fourth-order valence-corrected chi connectivity index (χ4v) is 4.03. The number of hydrogen-bond donors (Lipinski definition) is 3. The zero-order valence-corrected chi connectivity index (χ0v) is 20.1. The van der Waals surface area contributed by atoms with E-state index in [-0.39, 0.29) is 40.7 Å². The lowest BCUT2D eigenvalue weighted by molar-refractivity contribution is -0.140. The predicted molar refractivity (Wildman–Crippen MR) is 129 cm³/mol. The zero-order valence-electron chi connectivity index (χ0n) is 20.1. The van der Waals surface area contributed by atoms with Crippen molar-refractivity contribution in [1.29, 1.82) is 0 Å². The highest BCUT2D eigenvalue weighted by Crippen LogP contribution is 2.42. The number of carbonyl (C=O) groups is 1. The Morgan fingerprint density at radius 2 is 1.57 bits per heavy atom. The van der Waals surface area contributed by atoms with E-state index >= 15 is 0 Å². The highest BCUT2D eigenvalue weighted by atomic mass is 16.5. The van der Waals surface area contributed by atoms with Gasteiger partial charge in [-0.1, -0.05) is 12.1 Å². The molecule has 0 aliphatic heterocycles. The number of hydrogen-bond acceptors (Lipinski definition) is 8. The molecule has 0 aliphatic rings. The van der Waals surface area contributed by atoms with E-state index in [0.29, 0.717) is 24.2 Å². The first kappa shape index (κ1) is 25.5. The van der Waals surface area contributed by atoms with E-state index < -0.39 is 17.4 Å². The molecular formula is C26H29NO8. The Kier molecular flexibility index (Phi) is 7.91. The number of esters is 1. The third-order valence-electron chi connectivity index (χ3n) is 5.93. The van der Waals surface area contributed by atoms with Crippen molar-refractivity contribution in [2.45, 2.75) is 32.2 Å². The van der Waals surface area contributed by atoms with Crippen LogP contribution in [0.3, 0.4) is 0 Å². The summed E-state index contributed by atoms with van der Waals surface area (Å²) >= 11 is 0. The second-order valence-corrected chi connectivity index (χ2v) is 8.06. The first-order chi connectivity index (χ1) is 16.7. The van der Waals surface area contributed by atoms with Gasteiger partial charge < -0.3 is 34.1 Å². The smallest absolute Gasteiger partial charge is 0.306 e. The summed E-state index contributed by atoms with van der Waals surface area (Å²) in [6.07, 6.45) is 0.269. The van der Waals surface area contributed by atoms with E-state index in [1.54, 1.807) is 31.2 Å². The third-order valence-corrected chi connectivity index (χ3v) is 5.93. The van der Waals surface area contributed by atoms with Gasteiger partial charge in [0.05, 0.1) is 33.3 Å². The van der Waals surface area contributed by atoms with Crippen molar-refractivity contribution in [3.05, 3.63) is 75.2 Å². The summed E-state index contributed by atoms with van der Waals surface area (Å²) in [7, 11) is 3.98. The molecule has 1 atom stereocenters. The van der Waals surface area contributed by atoms with Crippen molar-refractivity contribution < 1.29 is 34.3 Å². The van der Waals surface area contributed by atoms with Crippen LogP contribution >= 0.6 is 0 Å². The lowest BCUT2D eigenvalue weighted by atomic mass is 9.87. The molecule has 0 fully saturated rings. The Labute approximate surface area is 202 Å². The Bertz CT molecular complexity index is 1240. The lowest BCUT2D eigenvalue weighted by Crippen LogP contribution is -2.29. The summed E-state index contributed by atoms with van der Waals surface area (Å²) in [5.41, 5.74) is 1.45. The topological polar surface area (TPSA) is 127 Å². The highest BCUT2D eigenvalue weighted by Gasteiger charge is 2.28. The average Bonchev–Trinajstić information content (AvgIpc) is 2.84. The van der Waals surface area contributed by atoms with Crippen molar-refractivity contribution in [2.75, 3.05) is 21.3 Å². The molecule has 2 aromatic carbocycles. The number of benzene rings is 2. The van der Waals surface area contributed by atoms with Crippen LogP contribution in [-0.4, -0.2) is 47.2 Å². The molecule has 0 unspecified atom stereocenters. The molecule has 3 aromatic rings. The lowest BCUT2D eigenvalue weighted by Gasteiger charge is -2.22. The molecule has 1 heterocycles. The standard InChI is InChI=1S/C26H29NO8/c1-15-11-20(29)24(26(32)27(15)10-9-16-5-7-18(28)8-6-16)19(14-23(30)35-4)17-12-21(33-2)25(31)22(13-17)34-3/h5-8,11-13,19,28-29,31H,9-10,14H2,1-4H3/t19-/m1/s1. The molecule has 0 spiro atoms. The molecular weight excluding hydrogens is 454 g/mol.